The van der Waals surface area contributed by atoms with Gasteiger partial charge in [0.05, 0.1) is 5.71 Å². The summed E-state index contributed by atoms with van der Waals surface area (Å²) in [6.07, 6.45) is 4.23. The van der Waals surface area contributed by atoms with Gasteiger partial charge in [0, 0.05) is 71.7 Å². The van der Waals surface area contributed by atoms with Gasteiger partial charge in [0.25, 0.3) is 11.8 Å². The maximum atomic E-state index is 12.4. The molecule has 234 valence electrons. The summed E-state index contributed by atoms with van der Waals surface area (Å²) in [5.41, 5.74) is 11.6. The number of hydrogen-bond acceptors (Lipinski definition) is 5. The number of hydrogen-bond donors (Lipinski definition) is 6. The van der Waals surface area contributed by atoms with Crippen molar-refractivity contribution in [3.8, 4) is 0 Å². The number of allylic oxidation sites excluding steroid dienone is 3. The Hall–Kier alpha value is -4.12. The minimum Gasteiger partial charge on any atom is -0.481 e. The van der Waals surface area contributed by atoms with Crippen LogP contribution in [-0.2, 0) is 51.3 Å². The van der Waals surface area contributed by atoms with Crippen LogP contribution < -0.4 is 5.32 Å². The summed E-state index contributed by atoms with van der Waals surface area (Å²) < 4.78 is 0. The maximum Gasteiger partial charge on any atom is 0.303 e. The van der Waals surface area contributed by atoms with Gasteiger partial charge in [0.15, 0.2) is 0 Å². The van der Waals surface area contributed by atoms with E-state index in [0.717, 1.165) is 61.9 Å². The minimum atomic E-state index is -0.901. The molecule has 0 unspecified atom stereocenters. The van der Waals surface area contributed by atoms with E-state index in [1.165, 1.54) is 0 Å². The molecule has 4 heterocycles. The SMILES string of the molecule is C/C=C1\C(=O)NC(Cc2[nH]c(Cc3[nH]c(CC4=NC(=O)C(C)=C4CCS)c(C)c3CCC(=O)O)c(CCC(=O)O)c2C)=C1C. The highest BCUT2D eigenvalue weighted by atomic mass is 32.1. The largest absolute Gasteiger partial charge is 0.481 e. The molecule has 2 aliphatic rings. The normalized spacial score (nSPS) is 16.0. The van der Waals surface area contributed by atoms with Crippen molar-refractivity contribution in [2.75, 3.05) is 5.75 Å². The topological polar surface area (TPSA) is 165 Å². The highest BCUT2D eigenvalue weighted by molar-refractivity contribution is 7.80. The molecule has 2 aromatic heterocycles. The molecule has 0 radical (unpaired) electrons. The Morgan fingerprint density at radius 3 is 1.82 bits per heavy atom. The number of aromatic amines is 2. The molecule has 0 fully saturated rings. The maximum absolute atomic E-state index is 12.4. The molecule has 4 rings (SSSR count). The zero-order valence-corrected chi connectivity index (χ0v) is 26.8. The monoisotopic (exact) mass is 620 g/mol. The van der Waals surface area contributed by atoms with E-state index >= 15 is 0 Å². The molecule has 0 saturated carbocycles. The molecule has 0 atom stereocenters. The Labute approximate surface area is 262 Å². The van der Waals surface area contributed by atoms with Crippen molar-refractivity contribution in [3.63, 3.8) is 0 Å². The van der Waals surface area contributed by atoms with Crippen LogP contribution in [0.2, 0.25) is 0 Å². The average molecular weight is 621 g/mol. The lowest BCUT2D eigenvalue weighted by Gasteiger charge is -2.07. The molecule has 44 heavy (non-hydrogen) atoms. The third-order valence-corrected chi connectivity index (χ3v) is 8.97. The second-order valence-corrected chi connectivity index (χ2v) is 11.8. The van der Waals surface area contributed by atoms with Crippen LogP contribution in [0.3, 0.4) is 0 Å². The first-order valence-electron chi connectivity index (χ1n) is 14.8. The first-order chi connectivity index (χ1) is 20.9. The van der Waals surface area contributed by atoms with Crippen molar-refractivity contribution >= 4 is 42.1 Å². The Balaban J connectivity index is 1.73. The van der Waals surface area contributed by atoms with Crippen LogP contribution in [0.4, 0.5) is 0 Å². The second kappa shape index (κ2) is 13.7. The van der Waals surface area contributed by atoms with Gasteiger partial charge < -0.3 is 25.5 Å². The van der Waals surface area contributed by atoms with E-state index < -0.39 is 11.9 Å². The van der Waals surface area contributed by atoms with Crippen molar-refractivity contribution in [2.45, 2.75) is 86.0 Å². The lowest BCUT2D eigenvalue weighted by Crippen LogP contribution is -2.18. The van der Waals surface area contributed by atoms with Gasteiger partial charge in [-0.15, -0.1) is 0 Å². The number of nitrogens with one attached hydrogen (secondary N) is 3. The van der Waals surface area contributed by atoms with E-state index in [0.29, 0.717) is 61.1 Å². The van der Waals surface area contributed by atoms with Gasteiger partial charge in [-0.1, -0.05) is 6.08 Å². The lowest BCUT2D eigenvalue weighted by molar-refractivity contribution is -0.138. The van der Waals surface area contributed by atoms with E-state index in [-0.39, 0.29) is 24.7 Å². The predicted octanol–water partition coefficient (Wildman–Crippen LogP) is 4.64. The Bertz CT molecular complexity index is 1670. The molecule has 0 bridgehead atoms. The number of carboxylic acid groups (broad SMARTS) is 2. The number of amides is 2. The Morgan fingerprint density at radius 2 is 1.34 bits per heavy atom. The van der Waals surface area contributed by atoms with Crippen molar-refractivity contribution in [3.05, 3.63) is 79.1 Å². The smallest absolute Gasteiger partial charge is 0.303 e. The predicted molar refractivity (Wildman–Crippen MR) is 171 cm³/mol. The van der Waals surface area contributed by atoms with Crippen LogP contribution in [0.1, 0.15) is 85.1 Å². The molecule has 2 aliphatic heterocycles. The highest BCUT2D eigenvalue weighted by Crippen LogP contribution is 2.31. The number of nitrogens with zero attached hydrogens (tertiary/aromatic N) is 1. The number of aliphatic imine (C=N–C) groups is 1. The van der Waals surface area contributed by atoms with Crippen LogP contribution >= 0.6 is 12.6 Å². The molecule has 5 N–H and O–H groups in total. The van der Waals surface area contributed by atoms with Gasteiger partial charge in [0.1, 0.15) is 0 Å². The quantitative estimate of drug-likeness (QED) is 0.133. The number of carbonyl (C=O) groups excluding carboxylic acids is 2. The summed E-state index contributed by atoms with van der Waals surface area (Å²) in [7, 11) is 0. The highest BCUT2D eigenvalue weighted by Gasteiger charge is 2.27. The van der Waals surface area contributed by atoms with Gasteiger partial charge in [0.2, 0.25) is 0 Å². The zero-order valence-electron chi connectivity index (χ0n) is 25.9. The van der Waals surface area contributed by atoms with Crippen molar-refractivity contribution in [2.24, 2.45) is 4.99 Å². The molecular formula is C33H40N4O6S. The molecule has 10 nitrogen and oxygen atoms in total. The van der Waals surface area contributed by atoms with Crippen LogP contribution in [0.25, 0.3) is 0 Å². The van der Waals surface area contributed by atoms with Crippen LogP contribution in [0, 0.1) is 13.8 Å². The summed E-state index contributed by atoms with van der Waals surface area (Å²) in [4.78, 5) is 59.3. The van der Waals surface area contributed by atoms with Gasteiger partial charge in [-0.3, -0.25) is 19.2 Å². The summed E-state index contributed by atoms with van der Waals surface area (Å²) in [6.45, 7) is 9.42. The first-order valence-corrected chi connectivity index (χ1v) is 15.4. The first kappa shape index (κ1) is 32.8. The number of carboxylic acids is 2. The Kier molecular flexibility index (Phi) is 10.2. The van der Waals surface area contributed by atoms with E-state index in [9.17, 15) is 29.4 Å². The Morgan fingerprint density at radius 1 is 0.795 bits per heavy atom. The lowest BCUT2D eigenvalue weighted by atomic mass is 9.96. The number of aliphatic carboxylic acids is 2. The van der Waals surface area contributed by atoms with E-state index in [1.54, 1.807) is 13.0 Å². The summed E-state index contributed by atoms with van der Waals surface area (Å²) in [5.74, 6) is -1.59. The van der Waals surface area contributed by atoms with E-state index in [1.807, 2.05) is 27.7 Å². The molecule has 2 amide bonds. The zero-order chi connectivity index (χ0) is 32.3. The van der Waals surface area contributed by atoms with Crippen molar-refractivity contribution in [1.82, 2.24) is 15.3 Å². The van der Waals surface area contributed by atoms with Gasteiger partial charge in [-0.25, -0.2) is 4.99 Å². The van der Waals surface area contributed by atoms with E-state index in [2.05, 4.69) is 32.9 Å². The fourth-order valence-corrected chi connectivity index (χ4v) is 6.42. The second-order valence-electron chi connectivity index (χ2n) is 11.4. The fourth-order valence-electron chi connectivity index (χ4n) is 6.20. The van der Waals surface area contributed by atoms with Gasteiger partial charge >= 0.3 is 11.9 Å². The van der Waals surface area contributed by atoms with Crippen LogP contribution in [0.5, 0.6) is 0 Å². The minimum absolute atomic E-state index is 0.0410. The molecule has 0 spiro atoms. The molecular weight excluding hydrogens is 580 g/mol. The van der Waals surface area contributed by atoms with E-state index in [4.69, 9.17) is 0 Å². The van der Waals surface area contributed by atoms with Gasteiger partial charge in [-0.05, 0) is 93.0 Å². The van der Waals surface area contributed by atoms with Gasteiger partial charge in [-0.2, -0.15) is 12.6 Å². The number of carbonyl (C=O) groups is 4. The molecule has 11 heteroatoms. The third kappa shape index (κ3) is 6.83. The number of aromatic nitrogens is 2. The average Bonchev–Trinajstić information content (AvgIpc) is 3.60. The van der Waals surface area contributed by atoms with Crippen LogP contribution in [0.15, 0.2) is 39.1 Å². The number of H-pyrrole nitrogens is 2. The summed E-state index contributed by atoms with van der Waals surface area (Å²) in [5, 5.41) is 21.9. The van der Waals surface area contributed by atoms with Crippen molar-refractivity contribution in [1.29, 1.82) is 0 Å². The van der Waals surface area contributed by atoms with Crippen LogP contribution in [-0.4, -0.2) is 55.4 Å². The molecule has 0 saturated heterocycles. The summed E-state index contributed by atoms with van der Waals surface area (Å²) in [6, 6.07) is 0. The molecule has 0 aliphatic carbocycles. The molecule has 2 aromatic rings. The third-order valence-electron chi connectivity index (χ3n) is 8.75. The molecule has 0 aromatic carbocycles. The standard InChI is InChI=1S/C33H40N4O6S/c1-6-20-16(2)26(36-33(20)43)13-24-17(3)21(7-9-30(38)39)27(34-24)15-28-22(8-10-31(40)41)18(4)25(35-28)14-29-23(11-12-44)19(5)32(42)37-29/h6,34-35,44H,7-15H2,1-5H3,(H,36,43)(H,38,39)(H,40,41)/b20-6-. The number of thiol groups is 1. The summed E-state index contributed by atoms with van der Waals surface area (Å²) >= 11 is 4.35. The number of rotatable bonds is 14. The fraction of sp³-hybridized carbons (Fsp3) is 0.424. The van der Waals surface area contributed by atoms with Crippen molar-refractivity contribution < 1.29 is 29.4 Å².